The maximum absolute atomic E-state index is 11.9. The van der Waals surface area contributed by atoms with Crippen molar-refractivity contribution in [1.29, 1.82) is 0 Å². The number of aryl methyl sites for hydroxylation is 1. The average Bonchev–Trinajstić information content (AvgIpc) is 2.70. The highest BCUT2D eigenvalue weighted by Gasteiger charge is 2.36. The zero-order chi connectivity index (χ0) is 13.3. The molecule has 0 saturated carbocycles. The summed E-state index contributed by atoms with van der Waals surface area (Å²) in [7, 11) is 1.32. The third kappa shape index (κ3) is 2.31. The number of carbonyl (C=O) groups is 2. The number of amides is 1. The van der Waals surface area contributed by atoms with Gasteiger partial charge < -0.3 is 9.64 Å². The Balaban J connectivity index is 2.24. The van der Waals surface area contributed by atoms with Crippen LogP contribution in [-0.4, -0.2) is 30.5 Å². The van der Waals surface area contributed by atoms with E-state index in [4.69, 9.17) is 11.6 Å². The van der Waals surface area contributed by atoms with E-state index < -0.39 is 5.92 Å². The number of methoxy groups -OCH3 is 1. The molecule has 1 aromatic heterocycles. The molecule has 1 atom stereocenters. The molecule has 1 fully saturated rings. The summed E-state index contributed by atoms with van der Waals surface area (Å²) in [6.45, 7) is 2.11. The van der Waals surface area contributed by atoms with Gasteiger partial charge in [0.15, 0.2) is 0 Å². The monoisotopic (exact) mass is 268 g/mol. The third-order valence-corrected chi connectivity index (χ3v) is 3.18. The number of carbonyl (C=O) groups excluding carboxylic acids is 2. The van der Waals surface area contributed by atoms with Gasteiger partial charge >= 0.3 is 5.97 Å². The fraction of sp³-hybridized carbons (Fsp3) is 0.417. The molecule has 1 amide bonds. The molecule has 0 aromatic carbocycles. The van der Waals surface area contributed by atoms with Gasteiger partial charge in [0, 0.05) is 13.0 Å². The molecule has 1 saturated heterocycles. The van der Waals surface area contributed by atoms with E-state index >= 15 is 0 Å². The largest absolute Gasteiger partial charge is 0.469 e. The summed E-state index contributed by atoms with van der Waals surface area (Å²) in [5, 5.41) is 0.382. The van der Waals surface area contributed by atoms with Crippen molar-refractivity contribution < 1.29 is 14.3 Å². The van der Waals surface area contributed by atoms with Crippen molar-refractivity contribution in [3.63, 3.8) is 0 Å². The summed E-state index contributed by atoms with van der Waals surface area (Å²) in [5.74, 6) is -0.861. The van der Waals surface area contributed by atoms with E-state index in [2.05, 4.69) is 9.72 Å². The van der Waals surface area contributed by atoms with E-state index in [9.17, 15) is 9.59 Å². The van der Waals surface area contributed by atoms with E-state index in [0.29, 0.717) is 23.1 Å². The van der Waals surface area contributed by atoms with Crippen LogP contribution in [0.1, 0.15) is 12.1 Å². The van der Waals surface area contributed by atoms with Crippen molar-refractivity contribution in [2.45, 2.75) is 13.3 Å². The summed E-state index contributed by atoms with van der Waals surface area (Å²) >= 11 is 5.77. The first-order valence-electron chi connectivity index (χ1n) is 5.54. The number of ether oxygens (including phenoxy) is 1. The lowest BCUT2D eigenvalue weighted by Gasteiger charge is -2.18. The summed E-state index contributed by atoms with van der Waals surface area (Å²) in [5.41, 5.74) is 1.36. The Kier molecular flexibility index (Phi) is 3.52. The third-order valence-electron chi connectivity index (χ3n) is 2.97. The van der Waals surface area contributed by atoms with Gasteiger partial charge in [-0.2, -0.15) is 0 Å². The molecule has 1 aliphatic rings. The van der Waals surface area contributed by atoms with Gasteiger partial charge in [-0.05, 0) is 19.1 Å². The van der Waals surface area contributed by atoms with Crippen molar-refractivity contribution in [1.82, 2.24) is 4.98 Å². The van der Waals surface area contributed by atoms with E-state index in [1.807, 2.05) is 0 Å². The SMILES string of the molecule is COC(=O)C1CC(=O)N(c2ccc(Cl)nc2C)C1. The smallest absolute Gasteiger partial charge is 0.311 e. The fourth-order valence-corrected chi connectivity index (χ4v) is 2.26. The number of anilines is 1. The Bertz CT molecular complexity index is 504. The number of halogens is 1. The van der Waals surface area contributed by atoms with Crippen LogP contribution in [0, 0.1) is 12.8 Å². The minimum atomic E-state index is -0.405. The number of hydrogen-bond acceptors (Lipinski definition) is 4. The highest BCUT2D eigenvalue weighted by atomic mass is 35.5. The van der Waals surface area contributed by atoms with E-state index in [1.54, 1.807) is 24.0 Å². The molecule has 1 aliphatic heterocycles. The van der Waals surface area contributed by atoms with Crippen molar-refractivity contribution in [2.75, 3.05) is 18.6 Å². The second kappa shape index (κ2) is 4.94. The second-order valence-corrected chi connectivity index (χ2v) is 4.55. The topological polar surface area (TPSA) is 59.5 Å². The number of hydrogen-bond donors (Lipinski definition) is 0. The van der Waals surface area contributed by atoms with E-state index in [-0.39, 0.29) is 18.3 Å². The van der Waals surface area contributed by atoms with Crippen molar-refractivity contribution in [3.8, 4) is 0 Å². The Hall–Kier alpha value is -1.62. The van der Waals surface area contributed by atoms with Crippen molar-refractivity contribution in [3.05, 3.63) is 23.0 Å². The molecule has 0 N–H and O–H groups in total. The minimum absolute atomic E-state index is 0.0994. The Morgan fingerprint density at radius 2 is 2.28 bits per heavy atom. The molecule has 1 aromatic rings. The number of aromatic nitrogens is 1. The first kappa shape index (κ1) is 12.8. The predicted molar refractivity (Wildman–Crippen MR) is 66.5 cm³/mol. The predicted octanol–water partition coefficient (Wildman–Crippen LogP) is 1.57. The Morgan fingerprint density at radius 3 is 2.89 bits per heavy atom. The summed E-state index contributed by atoms with van der Waals surface area (Å²) < 4.78 is 4.66. The molecular formula is C12H13ClN2O3. The van der Waals surface area contributed by atoms with Crippen LogP contribution < -0.4 is 4.90 Å². The van der Waals surface area contributed by atoms with Gasteiger partial charge in [-0.1, -0.05) is 11.6 Å². The molecule has 96 valence electrons. The molecule has 0 spiro atoms. The lowest BCUT2D eigenvalue weighted by molar-refractivity contribution is -0.145. The van der Waals surface area contributed by atoms with Crippen LogP contribution in [0.15, 0.2) is 12.1 Å². The van der Waals surface area contributed by atoms with Crippen LogP contribution in [0.5, 0.6) is 0 Å². The number of pyridine rings is 1. The first-order chi connectivity index (χ1) is 8.52. The molecule has 0 radical (unpaired) electrons. The maximum Gasteiger partial charge on any atom is 0.311 e. The average molecular weight is 269 g/mol. The van der Waals surface area contributed by atoms with Gasteiger partial charge in [0.25, 0.3) is 0 Å². The number of rotatable bonds is 2. The molecule has 2 rings (SSSR count). The van der Waals surface area contributed by atoms with Crippen LogP contribution in [0.3, 0.4) is 0 Å². The summed E-state index contributed by atoms with van der Waals surface area (Å²) in [6, 6.07) is 3.37. The van der Waals surface area contributed by atoms with Crippen LogP contribution in [0.2, 0.25) is 5.15 Å². The molecule has 0 aliphatic carbocycles. The van der Waals surface area contributed by atoms with Crippen LogP contribution in [0.25, 0.3) is 0 Å². The zero-order valence-corrected chi connectivity index (χ0v) is 10.9. The molecule has 0 bridgehead atoms. The summed E-state index contributed by atoms with van der Waals surface area (Å²) in [4.78, 5) is 29.0. The normalized spacial score (nSPS) is 19.2. The van der Waals surface area contributed by atoms with Crippen molar-refractivity contribution in [2.24, 2.45) is 5.92 Å². The quantitative estimate of drug-likeness (QED) is 0.603. The number of esters is 1. The van der Waals surface area contributed by atoms with Crippen LogP contribution >= 0.6 is 11.6 Å². The first-order valence-corrected chi connectivity index (χ1v) is 5.92. The van der Waals surface area contributed by atoms with Gasteiger partial charge in [0.05, 0.1) is 24.4 Å². The van der Waals surface area contributed by atoms with Gasteiger partial charge in [-0.3, -0.25) is 9.59 Å². The van der Waals surface area contributed by atoms with Gasteiger partial charge in [-0.25, -0.2) is 4.98 Å². The van der Waals surface area contributed by atoms with Gasteiger partial charge in [0.2, 0.25) is 5.91 Å². The Labute approximate surface area is 110 Å². The lowest BCUT2D eigenvalue weighted by Crippen LogP contribution is -2.27. The Morgan fingerprint density at radius 1 is 1.56 bits per heavy atom. The fourth-order valence-electron chi connectivity index (χ4n) is 2.07. The molecule has 6 heteroatoms. The van der Waals surface area contributed by atoms with Gasteiger partial charge in [0.1, 0.15) is 5.15 Å². The zero-order valence-electron chi connectivity index (χ0n) is 10.1. The molecule has 18 heavy (non-hydrogen) atoms. The lowest BCUT2D eigenvalue weighted by atomic mass is 10.1. The highest BCUT2D eigenvalue weighted by molar-refractivity contribution is 6.29. The summed E-state index contributed by atoms with van der Waals surface area (Å²) in [6.07, 6.45) is 0.175. The van der Waals surface area contributed by atoms with Crippen LogP contribution in [-0.2, 0) is 14.3 Å². The second-order valence-electron chi connectivity index (χ2n) is 4.17. The molecule has 1 unspecified atom stereocenters. The molecular weight excluding hydrogens is 256 g/mol. The number of nitrogens with zero attached hydrogens (tertiary/aromatic N) is 2. The molecule has 5 nitrogen and oxygen atoms in total. The van der Waals surface area contributed by atoms with E-state index in [1.165, 1.54) is 7.11 Å². The van der Waals surface area contributed by atoms with E-state index in [0.717, 1.165) is 0 Å². The minimum Gasteiger partial charge on any atom is -0.469 e. The van der Waals surface area contributed by atoms with Crippen LogP contribution in [0.4, 0.5) is 5.69 Å². The van der Waals surface area contributed by atoms with Crippen molar-refractivity contribution >= 4 is 29.2 Å². The molecule has 2 heterocycles. The van der Waals surface area contributed by atoms with Gasteiger partial charge in [-0.15, -0.1) is 0 Å². The highest BCUT2D eigenvalue weighted by Crippen LogP contribution is 2.28. The maximum atomic E-state index is 11.9. The standard InChI is InChI=1S/C12H13ClN2O3/c1-7-9(3-4-10(13)14-7)15-6-8(5-11(15)16)12(17)18-2/h3-4,8H,5-6H2,1-2H3.